The van der Waals surface area contributed by atoms with Crippen LogP contribution in [0.15, 0.2) is 24.5 Å². The Bertz CT molecular complexity index is 464. The van der Waals surface area contributed by atoms with Crippen molar-refractivity contribution in [3.8, 4) is 0 Å². The first-order chi connectivity index (χ1) is 9.02. The standard InChI is InChI=1S/C12H22N4O2S/c1-3-16(11-12-5-8-14-9-6-12)19(17,18)15(2)10-4-7-13/h5-6,8-9H,3-4,7,10-11,13H2,1-2H3. The van der Waals surface area contributed by atoms with Crippen LogP contribution < -0.4 is 5.73 Å². The van der Waals surface area contributed by atoms with Crippen molar-refractivity contribution in [3.63, 3.8) is 0 Å². The second-order valence-corrected chi connectivity index (χ2v) is 6.29. The number of nitrogens with zero attached hydrogens (tertiary/aromatic N) is 3. The summed E-state index contributed by atoms with van der Waals surface area (Å²) < 4.78 is 27.5. The van der Waals surface area contributed by atoms with Gasteiger partial charge in [-0.1, -0.05) is 6.92 Å². The van der Waals surface area contributed by atoms with Crippen LogP contribution in [0.25, 0.3) is 0 Å². The first-order valence-corrected chi connectivity index (χ1v) is 7.72. The molecule has 0 saturated heterocycles. The summed E-state index contributed by atoms with van der Waals surface area (Å²) in [5.41, 5.74) is 6.33. The third kappa shape index (κ3) is 4.54. The fraction of sp³-hybridized carbons (Fsp3) is 0.583. The maximum atomic E-state index is 12.4. The molecule has 1 rings (SSSR count). The quantitative estimate of drug-likeness (QED) is 0.751. The number of hydrogen-bond donors (Lipinski definition) is 1. The second-order valence-electron chi connectivity index (χ2n) is 4.25. The minimum absolute atomic E-state index is 0.355. The Balaban J connectivity index is 2.78. The molecule has 0 fully saturated rings. The van der Waals surface area contributed by atoms with Crippen LogP contribution >= 0.6 is 0 Å². The summed E-state index contributed by atoms with van der Waals surface area (Å²) in [6.45, 7) is 3.53. The van der Waals surface area contributed by atoms with Gasteiger partial charge in [0, 0.05) is 39.1 Å². The van der Waals surface area contributed by atoms with E-state index in [1.165, 1.54) is 8.61 Å². The minimum Gasteiger partial charge on any atom is -0.330 e. The lowest BCUT2D eigenvalue weighted by Crippen LogP contribution is -2.42. The summed E-state index contributed by atoms with van der Waals surface area (Å²) in [5.74, 6) is 0. The molecule has 0 aliphatic carbocycles. The number of nitrogens with two attached hydrogens (primary N) is 1. The molecule has 0 aliphatic heterocycles. The summed E-state index contributed by atoms with van der Waals surface area (Å²) in [7, 11) is -1.85. The van der Waals surface area contributed by atoms with Crippen LogP contribution in [-0.2, 0) is 16.8 Å². The van der Waals surface area contributed by atoms with E-state index >= 15 is 0 Å². The van der Waals surface area contributed by atoms with Gasteiger partial charge in [-0.15, -0.1) is 0 Å². The van der Waals surface area contributed by atoms with Crippen molar-refractivity contribution < 1.29 is 8.42 Å². The number of rotatable bonds is 8. The average molecular weight is 286 g/mol. The molecule has 1 aromatic heterocycles. The second kappa shape index (κ2) is 7.54. The van der Waals surface area contributed by atoms with Crippen LogP contribution in [0, 0.1) is 0 Å². The third-order valence-corrected chi connectivity index (χ3v) is 4.87. The highest BCUT2D eigenvalue weighted by atomic mass is 32.2. The Labute approximate surface area is 115 Å². The van der Waals surface area contributed by atoms with Gasteiger partial charge in [0.2, 0.25) is 0 Å². The molecule has 0 atom stereocenters. The summed E-state index contributed by atoms with van der Waals surface area (Å²) in [5, 5.41) is 0. The lowest BCUT2D eigenvalue weighted by Gasteiger charge is -2.26. The van der Waals surface area contributed by atoms with Gasteiger partial charge in [-0.25, -0.2) is 0 Å². The molecule has 0 aliphatic rings. The van der Waals surface area contributed by atoms with E-state index in [-0.39, 0.29) is 0 Å². The molecule has 0 saturated carbocycles. The SMILES string of the molecule is CCN(Cc1ccncc1)S(=O)(=O)N(C)CCCN. The molecule has 108 valence electrons. The van der Waals surface area contributed by atoms with Crippen molar-refractivity contribution >= 4 is 10.2 Å². The van der Waals surface area contributed by atoms with Crippen molar-refractivity contribution in [3.05, 3.63) is 30.1 Å². The van der Waals surface area contributed by atoms with Gasteiger partial charge in [0.15, 0.2) is 0 Å². The van der Waals surface area contributed by atoms with Crippen LogP contribution in [0.4, 0.5) is 0 Å². The van der Waals surface area contributed by atoms with E-state index < -0.39 is 10.2 Å². The maximum Gasteiger partial charge on any atom is 0.282 e. The van der Waals surface area contributed by atoms with Gasteiger partial charge in [0.05, 0.1) is 0 Å². The van der Waals surface area contributed by atoms with Crippen LogP contribution in [-0.4, -0.2) is 48.7 Å². The van der Waals surface area contributed by atoms with E-state index in [4.69, 9.17) is 5.73 Å². The highest BCUT2D eigenvalue weighted by Crippen LogP contribution is 2.11. The topological polar surface area (TPSA) is 79.5 Å². The molecule has 0 bridgehead atoms. The van der Waals surface area contributed by atoms with Gasteiger partial charge in [0.1, 0.15) is 0 Å². The Morgan fingerprint density at radius 1 is 1.32 bits per heavy atom. The summed E-state index contributed by atoms with van der Waals surface area (Å²) in [6.07, 6.45) is 3.98. The van der Waals surface area contributed by atoms with E-state index in [1.54, 1.807) is 19.4 Å². The van der Waals surface area contributed by atoms with Crippen LogP contribution in [0.1, 0.15) is 18.9 Å². The molecule has 2 N–H and O–H groups in total. The van der Waals surface area contributed by atoms with E-state index in [1.807, 2.05) is 19.1 Å². The van der Waals surface area contributed by atoms with Crippen LogP contribution in [0.3, 0.4) is 0 Å². The number of aromatic nitrogens is 1. The van der Waals surface area contributed by atoms with Crippen molar-refractivity contribution in [1.29, 1.82) is 0 Å². The first-order valence-electron chi connectivity index (χ1n) is 6.32. The fourth-order valence-corrected chi connectivity index (χ4v) is 3.07. The Hall–Kier alpha value is -1.02. The number of hydrogen-bond acceptors (Lipinski definition) is 4. The van der Waals surface area contributed by atoms with E-state index in [2.05, 4.69) is 4.98 Å². The highest BCUT2D eigenvalue weighted by molar-refractivity contribution is 7.86. The molecule has 0 unspecified atom stereocenters. The minimum atomic E-state index is -3.43. The predicted molar refractivity (Wildman–Crippen MR) is 75.5 cm³/mol. The van der Waals surface area contributed by atoms with Crippen molar-refractivity contribution in [1.82, 2.24) is 13.6 Å². The highest BCUT2D eigenvalue weighted by Gasteiger charge is 2.25. The molecular formula is C12H22N4O2S. The predicted octanol–water partition coefficient (Wildman–Crippen LogP) is 0.429. The van der Waals surface area contributed by atoms with Crippen LogP contribution in [0.5, 0.6) is 0 Å². The maximum absolute atomic E-state index is 12.4. The zero-order valence-corrected chi connectivity index (χ0v) is 12.3. The zero-order valence-electron chi connectivity index (χ0n) is 11.5. The molecule has 0 amide bonds. The number of pyridine rings is 1. The summed E-state index contributed by atoms with van der Waals surface area (Å²) >= 11 is 0. The molecule has 19 heavy (non-hydrogen) atoms. The molecule has 0 radical (unpaired) electrons. The molecule has 1 aromatic rings. The van der Waals surface area contributed by atoms with Gasteiger partial charge in [0.25, 0.3) is 10.2 Å². The summed E-state index contributed by atoms with van der Waals surface area (Å²) in [6, 6.07) is 3.64. The van der Waals surface area contributed by atoms with Crippen LogP contribution in [0.2, 0.25) is 0 Å². The fourth-order valence-electron chi connectivity index (χ4n) is 1.67. The Morgan fingerprint density at radius 3 is 2.47 bits per heavy atom. The Kier molecular flexibility index (Phi) is 6.36. The van der Waals surface area contributed by atoms with Gasteiger partial charge in [-0.05, 0) is 30.7 Å². The van der Waals surface area contributed by atoms with Gasteiger partial charge >= 0.3 is 0 Å². The average Bonchev–Trinajstić information content (AvgIpc) is 2.42. The molecule has 7 heteroatoms. The third-order valence-electron chi connectivity index (χ3n) is 2.86. The molecule has 1 heterocycles. The summed E-state index contributed by atoms with van der Waals surface area (Å²) in [4.78, 5) is 3.92. The zero-order chi connectivity index (χ0) is 14.3. The van der Waals surface area contributed by atoms with Crippen molar-refractivity contribution in [2.75, 3.05) is 26.7 Å². The Morgan fingerprint density at radius 2 is 1.95 bits per heavy atom. The van der Waals surface area contributed by atoms with E-state index in [0.29, 0.717) is 32.6 Å². The first kappa shape index (κ1) is 16.0. The van der Waals surface area contributed by atoms with Gasteiger partial charge < -0.3 is 5.73 Å². The normalized spacial score (nSPS) is 12.3. The molecule has 0 spiro atoms. The molecule has 0 aromatic carbocycles. The smallest absolute Gasteiger partial charge is 0.282 e. The molecule has 6 nitrogen and oxygen atoms in total. The monoisotopic (exact) mass is 286 g/mol. The largest absolute Gasteiger partial charge is 0.330 e. The lowest BCUT2D eigenvalue weighted by molar-refractivity contribution is 0.362. The van der Waals surface area contributed by atoms with E-state index in [9.17, 15) is 8.42 Å². The van der Waals surface area contributed by atoms with Gasteiger partial charge in [-0.3, -0.25) is 4.98 Å². The van der Waals surface area contributed by atoms with Crippen molar-refractivity contribution in [2.24, 2.45) is 5.73 Å². The van der Waals surface area contributed by atoms with Gasteiger partial charge in [-0.2, -0.15) is 17.0 Å². The molecular weight excluding hydrogens is 264 g/mol. The lowest BCUT2D eigenvalue weighted by atomic mass is 10.3. The van der Waals surface area contributed by atoms with Crippen molar-refractivity contribution in [2.45, 2.75) is 19.9 Å². The van der Waals surface area contributed by atoms with E-state index in [0.717, 1.165) is 5.56 Å².